The summed E-state index contributed by atoms with van der Waals surface area (Å²) in [5, 5.41) is 3.37. The molecule has 1 atom stereocenters. The van der Waals surface area contributed by atoms with Crippen LogP contribution in [0.1, 0.15) is 26.3 Å². The number of nitrogens with zero attached hydrogens (tertiary/aromatic N) is 1. The normalized spacial score (nSPS) is 12.8. The van der Waals surface area contributed by atoms with Crippen LogP contribution in [-0.2, 0) is 11.3 Å². The maximum atomic E-state index is 5.79. The van der Waals surface area contributed by atoms with Crippen molar-refractivity contribution >= 4 is 0 Å². The predicted molar refractivity (Wildman–Crippen MR) is 68.2 cm³/mol. The van der Waals surface area contributed by atoms with Crippen LogP contribution in [0.3, 0.4) is 0 Å². The van der Waals surface area contributed by atoms with Crippen LogP contribution in [0.5, 0.6) is 5.75 Å². The van der Waals surface area contributed by atoms with E-state index >= 15 is 0 Å². The largest absolute Gasteiger partial charge is 0.486 e. The molecule has 0 aliphatic rings. The zero-order chi connectivity index (χ0) is 12.7. The van der Waals surface area contributed by atoms with Gasteiger partial charge < -0.3 is 14.8 Å². The lowest BCUT2D eigenvalue weighted by Gasteiger charge is -2.17. The minimum atomic E-state index is 0.0296. The Hall–Kier alpha value is -1.13. The Morgan fingerprint density at radius 3 is 2.76 bits per heavy atom. The number of hydrogen-bond acceptors (Lipinski definition) is 4. The first kappa shape index (κ1) is 13.9. The predicted octanol–water partition coefficient (Wildman–Crippen LogP) is 1.99. The second-order valence-corrected chi connectivity index (χ2v) is 4.40. The molecule has 17 heavy (non-hydrogen) atoms. The summed E-state index contributed by atoms with van der Waals surface area (Å²) in [6.45, 7) is 7.59. The maximum absolute atomic E-state index is 5.79. The smallest absolute Gasteiger partial charge is 0.142 e. The number of aromatic nitrogens is 1. The monoisotopic (exact) mass is 238 g/mol. The van der Waals surface area contributed by atoms with Crippen molar-refractivity contribution in [2.75, 3.05) is 13.7 Å². The Morgan fingerprint density at radius 1 is 1.35 bits per heavy atom. The van der Waals surface area contributed by atoms with E-state index in [1.165, 1.54) is 0 Å². The highest BCUT2D eigenvalue weighted by Crippen LogP contribution is 2.17. The summed E-state index contributed by atoms with van der Waals surface area (Å²) in [7, 11) is 1.67. The molecule has 0 aromatic carbocycles. The van der Waals surface area contributed by atoms with Gasteiger partial charge in [0.2, 0.25) is 0 Å². The molecule has 0 bridgehead atoms. The molecular formula is C13H22N2O2. The SMILES string of the molecule is COCC(C)Oc1cnccc1CNC(C)C. The third kappa shape index (κ3) is 5.15. The van der Waals surface area contributed by atoms with Crippen molar-refractivity contribution < 1.29 is 9.47 Å². The summed E-state index contributed by atoms with van der Waals surface area (Å²) in [5.41, 5.74) is 1.12. The van der Waals surface area contributed by atoms with Gasteiger partial charge in [-0.15, -0.1) is 0 Å². The van der Waals surface area contributed by atoms with Gasteiger partial charge in [-0.3, -0.25) is 4.98 Å². The highest BCUT2D eigenvalue weighted by Gasteiger charge is 2.08. The van der Waals surface area contributed by atoms with Gasteiger partial charge in [0.15, 0.2) is 0 Å². The molecule has 1 aromatic rings. The number of pyridine rings is 1. The molecule has 0 aliphatic heterocycles. The molecule has 4 heteroatoms. The van der Waals surface area contributed by atoms with Gasteiger partial charge in [-0.25, -0.2) is 0 Å². The molecular weight excluding hydrogens is 216 g/mol. The van der Waals surface area contributed by atoms with E-state index in [0.29, 0.717) is 12.6 Å². The summed E-state index contributed by atoms with van der Waals surface area (Å²) in [5.74, 6) is 0.824. The summed E-state index contributed by atoms with van der Waals surface area (Å²) in [4.78, 5) is 4.09. The molecule has 0 aliphatic carbocycles. The van der Waals surface area contributed by atoms with E-state index in [1.807, 2.05) is 13.0 Å². The Kier molecular flexibility index (Phi) is 5.94. The first-order valence-electron chi connectivity index (χ1n) is 5.95. The van der Waals surface area contributed by atoms with Crippen LogP contribution >= 0.6 is 0 Å². The highest BCUT2D eigenvalue weighted by atomic mass is 16.5. The number of nitrogens with one attached hydrogen (secondary N) is 1. The Morgan fingerprint density at radius 2 is 2.12 bits per heavy atom. The second kappa shape index (κ2) is 7.25. The van der Waals surface area contributed by atoms with Crippen LogP contribution in [0.25, 0.3) is 0 Å². The molecule has 0 fully saturated rings. The van der Waals surface area contributed by atoms with Crippen LogP contribution in [0.4, 0.5) is 0 Å². The zero-order valence-corrected chi connectivity index (χ0v) is 11.1. The van der Waals surface area contributed by atoms with Crippen molar-refractivity contribution in [1.29, 1.82) is 0 Å². The van der Waals surface area contributed by atoms with Gasteiger partial charge in [-0.2, -0.15) is 0 Å². The fraction of sp³-hybridized carbons (Fsp3) is 0.615. The maximum Gasteiger partial charge on any atom is 0.142 e. The average Bonchev–Trinajstić information content (AvgIpc) is 2.28. The summed E-state index contributed by atoms with van der Waals surface area (Å²) in [6.07, 6.45) is 3.57. The molecule has 0 radical (unpaired) electrons. The molecule has 1 unspecified atom stereocenters. The molecule has 96 valence electrons. The number of hydrogen-bond donors (Lipinski definition) is 1. The van der Waals surface area contributed by atoms with E-state index in [2.05, 4.69) is 24.1 Å². The van der Waals surface area contributed by atoms with Crippen LogP contribution in [0.15, 0.2) is 18.5 Å². The average molecular weight is 238 g/mol. The molecule has 1 rings (SSSR count). The minimum Gasteiger partial charge on any atom is -0.486 e. The lowest BCUT2D eigenvalue weighted by molar-refractivity contribution is 0.0910. The van der Waals surface area contributed by atoms with E-state index in [9.17, 15) is 0 Å². The first-order valence-corrected chi connectivity index (χ1v) is 5.95. The molecule has 0 saturated heterocycles. The van der Waals surface area contributed by atoms with E-state index in [4.69, 9.17) is 9.47 Å². The van der Waals surface area contributed by atoms with Gasteiger partial charge >= 0.3 is 0 Å². The van der Waals surface area contributed by atoms with Crippen molar-refractivity contribution in [3.8, 4) is 5.75 Å². The van der Waals surface area contributed by atoms with Gasteiger partial charge in [-0.1, -0.05) is 13.8 Å². The Labute approximate surface area is 103 Å². The van der Waals surface area contributed by atoms with Crippen LogP contribution in [0.2, 0.25) is 0 Å². The molecule has 1 N–H and O–H groups in total. The molecule has 1 aromatic heterocycles. The number of rotatable bonds is 7. The Bertz CT molecular complexity index is 329. The van der Waals surface area contributed by atoms with E-state index in [1.54, 1.807) is 19.5 Å². The standard InChI is InChI=1S/C13H22N2O2/c1-10(2)15-7-12-5-6-14-8-13(12)17-11(3)9-16-4/h5-6,8,10-11,15H,7,9H2,1-4H3. The summed E-state index contributed by atoms with van der Waals surface area (Å²) in [6, 6.07) is 2.43. The topological polar surface area (TPSA) is 43.4 Å². The van der Waals surface area contributed by atoms with Crippen LogP contribution in [-0.4, -0.2) is 30.8 Å². The van der Waals surface area contributed by atoms with Crippen molar-refractivity contribution in [2.24, 2.45) is 0 Å². The number of ether oxygens (including phenoxy) is 2. The summed E-state index contributed by atoms with van der Waals surface area (Å²) < 4.78 is 10.8. The van der Waals surface area contributed by atoms with Gasteiger partial charge in [-0.05, 0) is 13.0 Å². The van der Waals surface area contributed by atoms with E-state index in [0.717, 1.165) is 17.9 Å². The van der Waals surface area contributed by atoms with Gasteiger partial charge in [0.1, 0.15) is 11.9 Å². The highest BCUT2D eigenvalue weighted by molar-refractivity contribution is 5.29. The fourth-order valence-corrected chi connectivity index (χ4v) is 1.46. The van der Waals surface area contributed by atoms with Crippen molar-refractivity contribution in [3.63, 3.8) is 0 Å². The van der Waals surface area contributed by atoms with Crippen LogP contribution in [0, 0.1) is 0 Å². The van der Waals surface area contributed by atoms with Gasteiger partial charge in [0, 0.05) is 31.5 Å². The molecule has 0 spiro atoms. The molecule has 0 amide bonds. The molecule has 4 nitrogen and oxygen atoms in total. The van der Waals surface area contributed by atoms with Gasteiger partial charge in [0.25, 0.3) is 0 Å². The van der Waals surface area contributed by atoms with Crippen molar-refractivity contribution in [2.45, 2.75) is 39.5 Å². The summed E-state index contributed by atoms with van der Waals surface area (Å²) >= 11 is 0. The lowest BCUT2D eigenvalue weighted by atomic mass is 10.2. The van der Waals surface area contributed by atoms with E-state index in [-0.39, 0.29) is 6.10 Å². The quantitative estimate of drug-likeness (QED) is 0.789. The fourth-order valence-electron chi connectivity index (χ4n) is 1.46. The lowest BCUT2D eigenvalue weighted by Crippen LogP contribution is -2.23. The zero-order valence-electron chi connectivity index (χ0n) is 11.1. The van der Waals surface area contributed by atoms with E-state index < -0.39 is 0 Å². The first-order chi connectivity index (χ1) is 8.13. The third-order valence-corrected chi connectivity index (χ3v) is 2.30. The van der Waals surface area contributed by atoms with Crippen LogP contribution < -0.4 is 10.1 Å². The number of methoxy groups -OCH3 is 1. The second-order valence-electron chi connectivity index (χ2n) is 4.40. The molecule has 1 heterocycles. The minimum absolute atomic E-state index is 0.0296. The van der Waals surface area contributed by atoms with Crippen molar-refractivity contribution in [1.82, 2.24) is 10.3 Å². The van der Waals surface area contributed by atoms with Crippen molar-refractivity contribution in [3.05, 3.63) is 24.0 Å². The van der Waals surface area contributed by atoms with Gasteiger partial charge in [0.05, 0.1) is 12.8 Å². The third-order valence-electron chi connectivity index (χ3n) is 2.30. The Balaban J connectivity index is 2.63. The molecule has 0 saturated carbocycles.